The van der Waals surface area contributed by atoms with E-state index in [0.29, 0.717) is 11.3 Å². The van der Waals surface area contributed by atoms with Crippen LogP contribution in [0.2, 0.25) is 0 Å². The third-order valence-corrected chi connectivity index (χ3v) is 5.94. The summed E-state index contributed by atoms with van der Waals surface area (Å²) in [7, 11) is 0. The Hall–Kier alpha value is -4.09. The van der Waals surface area contributed by atoms with Gasteiger partial charge in [0, 0.05) is 17.2 Å². The molecule has 0 aliphatic carbocycles. The first-order valence-electron chi connectivity index (χ1n) is 10.3. The number of aliphatic hydroxyl groups is 1. The number of fused-ring (bicyclic) bond motifs is 1. The van der Waals surface area contributed by atoms with E-state index in [1.807, 2.05) is 66.7 Å². The minimum Gasteiger partial charge on any atom is -0.508 e. The van der Waals surface area contributed by atoms with Gasteiger partial charge in [-0.05, 0) is 29.3 Å². The molecule has 5 rings (SSSR count). The molecule has 0 radical (unpaired) electrons. The van der Waals surface area contributed by atoms with Crippen LogP contribution in [0.4, 0.5) is 5.69 Å². The minimum absolute atomic E-state index is 0.0233. The summed E-state index contributed by atoms with van der Waals surface area (Å²) in [6.45, 7) is 0. The number of para-hydroxylation sites is 1. The van der Waals surface area contributed by atoms with Crippen molar-refractivity contribution in [1.82, 2.24) is 0 Å². The van der Waals surface area contributed by atoms with Crippen molar-refractivity contribution in [2.45, 2.75) is 11.6 Å². The lowest BCUT2D eigenvalue weighted by Crippen LogP contribution is -2.43. The average molecular weight is 423 g/mol. The van der Waals surface area contributed by atoms with Crippen molar-refractivity contribution in [3.05, 3.63) is 125 Å². The van der Waals surface area contributed by atoms with Gasteiger partial charge in [-0.3, -0.25) is 9.69 Å². The van der Waals surface area contributed by atoms with Gasteiger partial charge in [-0.25, -0.2) is 0 Å². The number of carbonyl (C=O) groups excluding carboxylic acids is 1. The van der Waals surface area contributed by atoms with Gasteiger partial charge in [0.05, 0.1) is 11.7 Å². The Morgan fingerprint density at radius 2 is 1.25 bits per heavy atom. The predicted molar refractivity (Wildman–Crippen MR) is 121 cm³/mol. The molecule has 32 heavy (non-hydrogen) atoms. The minimum atomic E-state index is -2.10. The highest BCUT2D eigenvalue weighted by atomic mass is 16.3. The molecule has 5 nitrogen and oxygen atoms in total. The first-order chi connectivity index (χ1) is 15.5. The van der Waals surface area contributed by atoms with Crippen LogP contribution in [-0.2, 0) is 10.4 Å². The van der Waals surface area contributed by atoms with Crippen LogP contribution in [0.1, 0.15) is 28.3 Å². The van der Waals surface area contributed by atoms with Crippen molar-refractivity contribution >= 4 is 11.6 Å². The van der Waals surface area contributed by atoms with Crippen molar-refractivity contribution in [2.24, 2.45) is 0 Å². The summed E-state index contributed by atoms with van der Waals surface area (Å²) in [6, 6.07) is 29.7. The van der Waals surface area contributed by atoms with Crippen LogP contribution in [0.5, 0.6) is 11.5 Å². The molecule has 1 heterocycles. The van der Waals surface area contributed by atoms with Crippen molar-refractivity contribution in [1.29, 1.82) is 0 Å². The second-order valence-electron chi connectivity index (χ2n) is 7.83. The summed E-state index contributed by atoms with van der Waals surface area (Å²) in [5, 5.41) is 32.1. The molecule has 5 heteroatoms. The molecular weight excluding hydrogens is 402 g/mol. The van der Waals surface area contributed by atoms with Crippen molar-refractivity contribution in [3.63, 3.8) is 0 Å². The Balaban J connectivity index is 1.75. The quantitative estimate of drug-likeness (QED) is 0.452. The number of amides is 1. The second kappa shape index (κ2) is 7.55. The lowest BCUT2D eigenvalue weighted by atomic mass is 9.86. The Bertz CT molecular complexity index is 1250. The maximum atomic E-state index is 14.0. The number of benzene rings is 4. The number of phenolic OH excluding ortho intramolecular Hbond substituents is 2. The summed E-state index contributed by atoms with van der Waals surface area (Å²) in [5.74, 6) is -1.08. The van der Waals surface area contributed by atoms with E-state index >= 15 is 0 Å². The van der Waals surface area contributed by atoms with E-state index in [2.05, 4.69) is 0 Å². The molecule has 4 aromatic carbocycles. The highest BCUT2D eigenvalue weighted by Crippen LogP contribution is 2.50. The van der Waals surface area contributed by atoms with E-state index in [9.17, 15) is 20.1 Å². The van der Waals surface area contributed by atoms with Crippen LogP contribution in [-0.4, -0.2) is 21.2 Å². The van der Waals surface area contributed by atoms with E-state index in [1.54, 1.807) is 23.1 Å². The van der Waals surface area contributed by atoms with Crippen LogP contribution in [0.25, 0.3) is 0 Å². The summed E-state index contributed by atoms with van der Waals surface area (Å²) in [6.07, 6.45) is 0. The predicted octanol–water partition coefficient (Wildman–Crippen LogP) is 4.47. The molecule has 0 aromatic heterocycles. The van der Waals surface area contributed by atoms with Crippen molar-refractivity contribution < 1.29 is 20.1 Å². The topological polar surface area (TPSA) is 81.0 Å². The first kappa shape index (κ1) is 19.8. The van der Waals surface area contributed by atoms with E-state index in [0.717, 1.165) is 17.2 Å². The van der Waals surface area contributed by atoms with Gasteiger partial charge >= 0.3 is 0 Å². The summed E-state index contributed by atoms with van der Waals surface area (Å²) in [4.78, 5) is 15.6. The molecule has 158 valence electrons. The third kappa shape index (κ3) is 2.94. The molecule has 0 saturated carbocycles. The second-order valence-corrected chi connectivity index (χ2v) is 7.83. The Labute approximate surface area is 185 Å². The van der Waals surface area contributed by atoms with Crippen molar-refractivity contribution in [3.8, 4) is 11.5 Å². The highest BCUT2D eigenvalue weighted by molar-refractivity contribution is 6.10. The third-order valence-electron chi connectivity index (χ3n) is 5.94. The summed E-state index contributed by atoms with van der Waals surface area (Å²) >= 11 is 0. The standard InChI is InChI=1S/C27H21NO4/c29-20-15-16-22(24(30)17-20)27(32)21-13-7-8-14-23(21)28(26(27)31)25(18-9-3-1-4-10-18)19-11-5-2-6-12-19/h1-17,25,29-30,32H. The summed E-state index contributed by atoms with van der Waals surface area (Å²) < 4.78 is 0. The molecule has 1 unspecified atom stereocenters. The van der Waals surface area contributed by atoms with Gasteiger partial charge in [0.1, 0.15) is 11.5 Å². The number of aromatic hydroxyl groups is 2. The fraction of sp³-hybridized carbons (Fsp3) is 0.0741. The molecule has 0 bridgehead atoms. The Morgan fingerprint density at radius 1 is 0.688 bits per heavy atom. The van der Waals surface area contributed by atoms with Crippen LogP contribution < -0.4 is 4.90 Å². The van der Waals surface area contributed by atoms with E-state index < -0.39 is 17.6 Å². The van der Waals surface area contributed by atoms with Gasteiger partial charge in [-0.15, -0.1) is 0 Å². The van der Waals surface area contributed by atoms with Crippen LogP contribution in [0.15, 0.2) is 103 Å². The SMILES string of the molecule is O=C1N(C(c2ccccc2)c2ccccc2)c2ccccc2C1(O)c1ccc(O)cc1O. The van der Waals surface area contributed by atoms with Gasteiger partial charge in [-0.2, -0.15) is 0 Å². The number of nitrogens with zero attached hydrogens (tertiary/aromatic N) is 1. The molecule has 0 fully saturated rings. The highest BCUT2D eigenvalue weighted by Gasteiger charge is 2.54. The molecule has 1 aliphatic rings. The number of hydrogen-bond donors (Lipinski definition) is 3. The fourth-order valence-corrected chi connectivity index (χ4v) is 4.49. The molecule has 1 aliphatic heterocycles. The van der Waals surface area contributed by atoms with E-state index in [1.165, 1.54) is 12.1 Å². The van der Waals surface area contributed by atoms with Crippen LogP contribution >= 0.6 is 0 Å². The number of hydrogen-bond acceptors (Lipinski definition) is 4. The van der Waals surface area contributed by atoms with Gasteiger partial charge in [0.2, 0.25) is 0 Å². The van der Waals surface area contributed by atoms with Gasteiger partial charge < -0.3 is 15.3 Å². The van der Waals surface area contributed by atoms with E-state index in [-0.39, 0.29) is 17.1 Å². The van der Waals surface area contributed by atoms with E-state index in [4.69, 9.17) is 0 Å². The van der Waals surface area contributed by atoms with Crippen molar-refractivity contribution in [2.75, 3.05) is 4.90 Å². The molecule has 1 amide bonds. The molecule has 3 N–H and O–H groups in total. The molecule has 4 aromatic rings. The lowest BCUT2D eigenvalue weighted by Gasteiger charge is -2.31. The molecule has 0 spiro atoms. The Morgan fingerprint density at radius 3 is 1.84 bits per heavy atom. The Kier molecular flexibility index (Phi) is 4.68. The van der Waals surface area contributed by atoms with Crippen LogP contribution in [0, 0.1) is 0 Å². The first-order valence-corrected chi connectivity index (χ1v) is 10.3. The molecular formula is C27H21NO4. The largest absolute Gasteiger partial charge is 0.508 e. The zero-order chi connectivity index (χ0) is 22.3. The van der Waals surface area contributed by atoms with Gasteiger partial charge in [0.25, 0.3) is 5.91 Å². The number of anilines is 1. The zero-order valence-corrected chi connectivity index (χ0v) is 17.1. The maximum absolute atomic E-state index is 14.0. The molecule has 0 saturated heterocycles. The zero-order valence-electron chi connectivity index (χ0n) is 17.1. The number of carbonyl (C=O) groups is 1. The smallest absolute Gasteiger partial charge is 0.269 e. The van der Waals surface area contributed by atoms with Gasteiger partial charge in [0.15, 0.2) is 5.60 Å². The number of rotatable bonds is 4. The van der Waals surface area contributed by atoms with Gasteiger partial charge in [-0.1, -0.05) is 78.9 Å². The van der Waals surface area contributed by atoms with Crippen LogP contribution in [0.3, 0.4) is 0 Å². The number of phenols is 2. The summed E-state index contributed by atoms with van der Waals surface area (Å²) in [5.41, 5.74) is 0.640. The monoisotopic (exact) mass is 423 g/mol. The molecule has 1 atom stereocenters. The maximum Gasteiger partial charge on any atom is 0.269 e. The normalized spacial score (nSPS) is 17.6. The average Bonchev–Trinajstić information content (AvgIpc) is 3.04. The fourth-order valence-electron chi connectivity index (χ4n) is 4.49. The lowest BCUT2D eigenvalue weighted by molar-refractivity contribution is -0.132.